The summed E-state index contributed by atoms with van der Waals surface area (Å²) in [5, 5.41) is 0. The number of hydrogen-bond acceptors (Lipinski definition) is 2. The minimum atomic E-state index is 0.491. The topological polar surface area (TPSA) is 9.23 Å². The smallest absolute Gasteiger partial charge is 0.103 e. The molecule has 0 amide bonds. The van der Waals surface area contributed by atoms with Crippen molar-refractivity contribution < 1.29 is 4.74 Å². The van der Waals surface area contributed by atoms with E-state index < -0.39 is 0 Å². The third-order valence-electron chi connectivity index (χ3n) is 1.23. The van der Waals surface area contributed by atoms with Crippen molar-refractivity contribution >= 4 is 11.8 Å². The van der Waals surface area contributed by atoms with Gasteiger partial charge in [-0.25, -0.2) is 0 Å². The zero-order chi connectivity index (χ0) is 5.98. The lowest BCUT2D eigenvalue weighted by atomic mass is 10.4. The fourth-order valence-electron chi connectivity index (χ4n) is 0.795. The molecule has 0 spiro atoms. The molecule has 0 aromatic heterocycles. The summed E-state index contributed by atoms with van der Waals surface area (Å²) < 4.78 is 5.47. The number of hydrogen-bond donors (Lipinski definition) is 0. The molecule has 2 unspecified atom stereocenters. The van der Waals surface area contributed by atoms with Gasteiger partial charge in [-0.2, -0.15) is 0 Å². The minimum absolute atomic E-state index is 0.491. The minimum Gasteiger partial charge on any atom is -0.364 e. The highest BCUT2D eigenvalue weighted by molar-refractivity contribution is 8.00. The van der Waals surface area contributed by atoms with Gasteiger partial charge in [0.25, 0.3) is 0 Å². The maximum atomic E-state index is 5.47. The summed E-state index contributed by atoms with van der Waals surface area (Å²) in [4.78, 5) is 0. The molecule has 1 fully saturated rings. The lowest BCUT2D eigenvalue weighted by molar-refractivity contribution is 0.0770. The van der Waals surface area contributed by atoms with Crippen LogP contribution in [0.15, 0.2) is 0 Å². The summed E-state index contributed by atoms with van der Waals surface area (Å²) in [6.07, 6.45) is 1.64. The first-order chi connectivity index (χ1) is 3.83. The summed E-state index contributed by atoms with van der Waals surface area (Å²) in [5.41, 5.74) is 0.491. The van der Waals surface area contributed by atoms with Gasteiger partial charge in [0.1, 0.15) is 5.44 Å². The molecule has 0 radical (unpaired) electrons. The van der Waals surface area contributed by atoms with Gasteiger partial charge in [0.05, 0.1) is 6.10 Å². The van der Waals surface area contributed by atoms with Gasteiger partial charge < -0.3 is 4.74 Å². The highest BCUT2D eigenvalue weighted by Crippen LogP contribution is 2.26. The average Bonchev–Trinajstić information content (AvgIpc) is 2.14. The van der Waals surface area contributed by atoms with Gasteiger partial charge in [0, 0.05) is 5.75 Å². The Balaban J connectivity index is 2.22. The van der Waals surface area contributed by atoms with Crippen LogP contribution in [-0.4, -0.2) is 17.3 Å². The third-order valence-corrected chi connectivity index (χ3v) is 2.71. The van der Waals surface area contributed by atoms with Crippen molar-refractivity contribution in [2.45, 2.75) is 31.8 Å². The summed E-state index contributed by atoms with van der Waals surface area (Å²) in [5.74, 6) is 1.18. The van der Waals surface area contributed by atoms with Crippen LogP contribution in [0.2, 0.25) is 0 Å². The monoisotopic (exact) mass is 132 g/mol. The van der Waals surface area contributed by atoms with Crippen LogP contribution >= 0.6 is 11.8 Å². The summed E-state index contributed by atoms with van der Waals surface area (Å²) in [6.45, 7) is 4.29. The Morgan fingerprint density at radius 3 is 2.75 bits per heavy atom. The summed E-state index contributed by atoms with van der Waals surface area (Å²) in [6, 6.07) is 0. The normalized spacial score (nSPS) is 38.2. The van der Waals surface area contributed by atoms with Gasteiger partial charge in [0.2, 0.25) is 0 Å². The van der Waals surface area contributed by atoms with Crippen molar-refractivity contribution in [1.29, 1.82) is 0 Å². The zero-order valence-electron chi connectivity index (χ0n) is 5.39. The van der Waals surface area contributed by atoms with Gasteiger partial charge in [0.15, 0.2) is 0 Å². The molecular weight excluding hydrogens is 120 g/mol. The van der Waals surface area contributed by atoms with E-state index in [0.29, 0.717) is 11.5 Å². The Kier molecular flexibility index (Phi) is 2.20. The van der Waals surface area contributed by atoms with Gasteiger partial charge in [-0.3, -0.25) is 0 Å². The molecule has 1 heterocycles. The predicted octanol–water partition coefficient (Wildman–Crippen LogP) is 1.87. The maximum Gasteiger partial charge on any atom is 0.103 e. The molecule has 0 saturated carbocycles. The van der Waals surface area contributed by atoms with Crippen LogP contribution in [0.5, 0.6) is 0 Å². The molecule has 2 atom stereocenters. The van der Waals surface area contributed by atoms with Crippen molar-refractivity contribution in [3.8, 4) is 0 Å². The van der Waals surface area contributed by atoms with E-state index in [4.69, 9.17) is 4.74 Å². The predicted molar refractivity (Wildman–Crippen MR) is 37.1 cm³/mol. The molecule has 1 rings (SSSR count). The van der Waals surface area contributed by atoms with Crippen molar-refractivity contribution in [2.24, 2.45) is 0 Å². The quantitative estimate of drug-likeness (QED) is 0.538. The van der Waals surface area contributed by atoms with E-state index in [2.05, 4.69) is 13.8 Å². The van der Waals surface area contributed by atoms with Crippen LogP contribution in [0.3, 0.4) is 0 Å². The molecule has 1 aliphatic heterocycles. The first kappa shape index (κ1) is 6.43. The van der Waals surface area contributed by atoms with Crippen LogP contribution < -0.4 is 0 Å². The number of rotatable bonds is 1. The average molecular weight is 132 g/mol. The van der Waals surface area contributed by atoms with E-state index in [9.17, 15) is 0 Å². The fraction of sp³-hybridized carbons (Fsp3) is 1.00. The highest BCUT2D eigenvalue weighted by Gasteiger charge is 2.19. The first-order valence-corrected chi connectivity index (χ1v) is 4.15. The van der Waals surface area contributed by atoms with Crippen LogP contribution in [0.25, 0.3) is 0 Å². The zero-order valence-corrected chi connectivity index (χ0v) is 6.20. The Bertz CT molecular complexity index is 74.9. The molecule has 0 aliphatic carbocycles. The van der Waals surface area contributed by atoms with Gasteiger partial charge in [-0.15, -0.1) is 11.8 Å². The van der Waals surface area contributed by atoms with Gasteiger partial charge in [-0.1, -0.05) is 6.92 Å². The van der Waals surface area contributed by atoms with E-state index in [1.807, 2.05) is 11.8 Å². The lowest BCUT2D eigenvalue weighted by Crippen LogP contribution is -2.05. The van der Waals surface area contributed by atoms with Crippen molar-refractivity contribution in [2.75, 3.05) is 5.75 Å². The van der Waals surface area contributed by atoms with E-state index >= 15 is 0 Å². The number of thioether (sulfide) groups is 1. The molecular formula is C6H12OS. The fourth-order valence-corrected chi connectivity index (χ4v) is 1.86. The van der Waals surface area contributed by atoms with E-state index in [1.165, 1.54) is 5.75 Å². The van der Waals surface area contributed by atoms with Crippen molar-refractivity contribution in [1.82, 2.24) is 0 Å². The second-order valence-electron chi connectivity index (χ2n) is 2.12. The molecule has 2 heteroatoms. The Morgan fingerprint density at radius 1 is 1.75 bits per heavy atom. The SMILES string of the molecule is CCC1OC(C)CS1. The molecule has 0 N–H and O–H groups in total. The summed E-state index contributed by atoms with van der Waals surface area (Å²) >= 11 is 1.93. The standard InChI is InChI=1S/C6H12OS/c1-3-6-7-5(2)4-8-6/h5-6H,3-4H2,1-2H3. The lowest BCUT2D eigenvalue weighted by Gasteiger charge is -2.04. The third kappa shape index (κ3) is 1.39. The van der Waals surface area contributed by atoms with Gasteiger partial charge >= 0.3 is 0 Å². The molecule has 1 saturated heterocycles. The van der Waals surface area contributed by atoms with Crippen LogP contribution in [-0.2, 0) is 4.74 Å². The van der Waals surface area contributed by atoms with Crippen LogP contribution in [0.1, 0.15) is 20.3 Å². The summed E-state index contributed by atoms with van der Waals surface area (Å²) in [7, 11) is 0. The second-order valence-corrected chi connectivity index (χ2v) is 3.31. The van der Waals surface area contributed by atoms with Crippen LogP contribution in [0.4, 0.5) is 0 Å². The molecule has 0 bridgehead atoms. The molecule has 1 nitrogen and oxygen atoms in total. The first-order valence-electron chi connectivity index (χ1n) is 3.10. The van der Waals surface area contributed by atoms with Crippen molar-refractivity contribution in [3.05, 3.63) is 0 Å². The Morgan fingerprint density at radius 2 is 2.50 bits per heavy atom. The molecule has 0 aromatic rings. The molecule has 1 aliphatic rings. The van der Waals surface area contributed by atoms with E-state index in [1.54, 1.807) is 0 Å². The van der Waals surface area contributed by atoms with Crippen molar-refractivity contribution in [3.63, 3.8) is 0 Å². The molecule has 0 aromatic carbocycles. The van der Waals surface area contributed by atoms with E-state index in [-0.39, 0.29) is 0 Å². The second kappa shape index (κ2) is 2.74. The van der Waals surface area contributed by atoms with Gasteiger partial charge in [-0.05, 0) is 13.3 Å². The number of ether oxygens (including phenoxy) is 1. The van der Waals surface area contributed by atoms with Crippen LogP contribution in [0, 0.1) is 0 Å². The molecule has 8 heavy (non-hydrogen) atoms. The molecule has 48 valence electrons. The largest absolute Gasteiger partial charge is 0.364 e. The Hall–Kier alpha value is 0.310. The maximum absolute atomic E-state index is 5.47. The van der Waals surface area contributed by atoms with E-state index in [0.717, 1.165) is 6.42 Å². The highest BCUT2D eigenvalue weighted by atomic mass is 32.2. The Labute approximate surface area is 54.8 Å².